The van der Waals surface area contributed by atoms with Gasteiger partial charge in [-0.2, -0.15) is 0 Å². The lowest BCUT2D eigenvalue weighted by molar-refractivity contribution is -0.121. The Bertz CT molecular complexity index is 886. The van der Waals surface area contributed by atoms with Crippen molar-refractivity contribution in [2.75, 3.05) is 40.3 Å². The second-order valence-electron chi connectivity index (χ2n) is 8.90. The highest BCUT2D eigenvalue weighted by molar-refractivity contribution is 7.12. The van der Waals surface area contributed by atoms with Crippen molar-refractivity contribution in [3.05, 3.63) is 57.8 Å². The second kappa shape index (κ2) is 8.90. The number of nitrogens with zero attached hydrogens (tertiary/aromatic N) is 2. The largest absolute Gasteiger partial charge is 0.355 e. The molecule has 0 unspecified atom stereocenters. The van der Waals surface area contributed by atoms with E-state index in [2.05, 4.69) is 34.5 Å². The van der Waals surface area contributed by atoms with Crippen LogP contribution in [0.3, 0.4) is 0 Å². The normalized spacial score (nSPS) is 19.8. The summed E-state index contributed by atoms with van der Waals surface area (Å²) in [6.07, 6.45) is 3.50. The molecular weight excluding hydrogens is 394 g/mol. The smallest absolute Gasteiger partial charge is 0.263 e. The molecular formula is C24H31N3O2S. The minimum atomic E-state index is 0.0946. The third-order valence-corrected chi connectivity index (χ3v) is 7.52. The van der Waals surface area contributed by atoms with Crippen molar-refractivity contribution in [1.29, 1.82) is 0 Å². The summed E-state index contributed by atoms with van der Waals surface area (Å²) >= 11 is 1.51. The van der Waals surface area contributed by atoms with Crippen LogP contribution in [0, 0.1) is 0 Å². The lowest BCUT2D eigenvalue weighted by Gasteiger charge is -2.40. The van der Waals surface area contributed by atoms with Crippen molar-refractivity contribution in [3.63, 3.8) is 0 Å². The van der Waals surface area contributed by atoms with Crippen molar-refractivity contribution in [2.24, 2.45) is 0 Å². The molecule has 1 aromatic carbocycles. The molecule has 1 aromatic heterocycles. The van der Waals surface area contributed by atoms with Gasteiger partial charge in [-0.25, -0.2) is 0 Å². The fourth-order valence-corrected chi connectivity index (χ4v) is 5.78. The Morgan fingerprint density at radius 2 is 1.93 bits per heavy atom. The Hall–Kier alpha value is -2.18. The van der Waals surface area contributed by atoms with E-state index >= 15 is 0 Å². The molecule has 1 atom stereocenters. The van der Waals surface area contributed by atoms with Crippen LogP contribution < -0.4 is 5.32 Å². The first-order valence-electron chi connectivity index (χ1n) is 10.8. The summed E-state index contributed by atoms with van der Waals surface area (Å²) in [7, 11) is 4.03. The molecule has 0 bridgehead atoms. The summed E-state index contributed by atoms with van der Waals surface area (Å²) in [6, 6.07) is 12.5. The fraction of sp³-hybridized carbons (Fsp3) is 0.500. The molecule has 2 amide bonds. The molecule has 1 fully saturated rings. The Morgan fingerprint density at radius 1 is 1.17 bits per heavy atom. The molecule has 30 heavy (non-hydrogen) atoms. The lowest BCUT2D eigenvalue weighted by atomic mass is 9.73. The number of hydrogen-bond acceptors (Lipinski definition) is 4. The highest BCUT2D eigenvalue weighted by Crippen LogP contribution is 2.52. The summed E-state index contributed by atoms with van der Waals surface area (Å²) in [4.78, 5) is 30.2. The van der Waals surface area contributed by atoms with Gasteiger partial charge in [-0.3, -0.25) is 9.59 Å². The van der Waals surface area contributed by atoms with Crippen LogP contribution in [0.15, 0.2) is 41.8 Å². The van der Waals surface area contributed by atoms with E-state index in [1.54, 1.807) is 0 Å². The first kappa shape index (κ1) is 21.1. The standard InChI is InChI=1S/C24H31N3O2S/c1-26(2)14-11-25-22(28)16-18-17-24(20-7-4-3-6-19(18)20)9-12-27(13-10-24)23(29)21-8-5-15-30-21/h3-8,15,18H,9-14,16-17H2,1-2H3,(H,25,28)/t18-/m1/s1. The molecule has 0 radical (unpaired) electrons. The summed E-state index contributed by atoms with van der Waals surface area (Å²) in [5.41, 5.74) is 2.83. The topological polar surface area (TPSA) is 52.7 Å². The van der Waals surface area contributed by atoms with Crippen LogP contribution >= 0.6 is 11.3 Å². The quantitative estimate of drug-likeness (QED) is 0.771. The van der Waals surface area contributed by atoms with Crippen LogP contribution in [-0.2, 0) is 10.2 Å². The maximum atomic E-state index is 12.7. The van der Waals surface area contributed by atoms with E-state index in [9.17, 15) is 9.59 Å². The summed E-state index contributed by atoms with van der Waals surface area (Å²) in [5.74, 6) is 0.557. The number of likely N-dealkylation sites (tertiary alicyclic amines) is 1. The monoisotopic (exact) mass is 425 g/mol. The van der Waals surface area contributed by atoms with Crippen LogP contribution in [0.25, 0.3) is 0 Å². The third-order valence-electron chi connectivity index (χ3n) is 6.66. The van der Waals surface area contributed by atoms with E-state index in [4.69, 9.17) is 0 Å². The Morgan fingerprint density at radius 3 is 2.63 bits per heavy atom. The molecule has 2 heterocycles. The zero-order chi connectivity index (χ0) is 21.1. The van der Waals surface area contributed by atoms with Crippen molar-refractivity contribution in [2.45, 2.75) is 37.0 Å². The van der Waals surface area contributed by atoms with Gasteiger partial charge < -0.3 is 15.1 Å². The first-order valence-corrected chi connectivity index (χ1v) is 11.7. The molecule has 0 saturated carbocycles. The Kier molecular flexibility index (Phi) is 6.25. The van der Waals surface area contributed by atoms with Crippen molar-refractivity contribution in [1.82, 2.24) is 15.1 Å². The van der Waals surface area contributed by atoms with Crippen LogP contribution in [0.1, 0.15) is 52.4 Å². The number of likely N-dealkylation sites (N-methyl/N-ethyl adjacent to an activating group) is 1. The minimum Gasteiger partial charge on any atom is -0.355 e. The summed E-state index contributed by atoms with van der Waals surface area (Å²) < 4.78 is 0. The number of carbonyl (C=O) groups is 2. The van der Waals surface area contributed by atoms with Crippen LogP contribution in [0.2, 0.25) is 0 Å². The van der Waals surface area contributed by atoms with Crippen LogP contribution in [0.4, 0.5) is 0 Å². The fourth-order valence-electron chi connectivity index (χ4n) is 5.09. The molecule has 1 aliphatic carbocycles. The summed E-state index contributed by atoms with van der Waals surface area (Å²) in [6.45, 7) is 3.11. The van der Waals surface area contributed by atoms with Crippen LogP contribution in [-0.4, -0.2) is 61.9 Å². The summed E-state index contributed by atoms with van der Waals surface area (Å²) in [5, 5.41) is 5.03. The predicted molar refractivity (Wildman–Crippen MR) is 121 cm³/mol. The predicted octanol–water partition coefficient (Wildman–Crippen LogP) is 3.48. The van der Waals surface area contributed by atoms with E-state index in [-0.39, 0.29) is 23.1 Å². The van der Waals surface area contributed by atoms with Gasteiger partial charge in [0.2, 0.25) is 5.91 Å². The maximum absolute atomic E-state index is 12.7. The number of fused-ring (bicyclic) bond motifs is 2. The molecule has 1 saturated heterocycles. The zero-order valence-electron chi connectivity index (χ0n) is 17.9. The van der Waals surface area contributed by atoms with Gasteiger partial charge in [-0.15, -0.1) is 11.3 Å². The molecule has 2 aliphatic rings. The second-order valence-corrected chi connectivity index (χ2v) is 9.84. The van der Waals surface area contributed by atoms with Crippen molar-refractivity contribution in [3.8, 4) is 0 Å². The minimum absolute atomic E-state index is 0.0946. The number of hydrogen-bond donors (Lipinski definition) is 1. The number of rotatable bonds is 6. The Balaban J connectivity index is 1.43. The van der Waals surface area contributed by atoms with Crippen molar-refractivity contribution < 1.29 is 9.59 Å². The van der Waals surface area contributed by atoms with E-state index < -0.39 is 0 Å². The molecule has 160 valence electrons. The first-order chi connectivity index (χ1) is 14.5. The van der Waals surface area contributed by atoms with E-state index in [0.717, 1.165) is 43.8 Å². The maximum Gasteiger partial charge on any atom is 0.263 e. The number of carbonyl (C=O) groups excluding carboxylic acids is 2. The van der Waals surface area contributed by atoms with Gasteiger partial charge in [0, 0.05) is 32.6 Å². The molecule has 1 spiro atoms. The van der Waals surface area contributed by atoms with Gasteiger partial charge in [0.25, 0.3) is 5.91 Å². The lowest BCUT2D eigenvalue weighted by Crippen LogP contribution is -2.44. The molecule has 4 rings (SSSR count). The number of piperidine rings is 1. The number of benzene rings is 1. The van der Waals surface area contributed by atoms with Gasteiger partial charge in [0.15, 0.2) is 0 Å². The Labute approximate surface area is 183 Å². The number of nitrogens with one attached hydrogen (secondary N) is 1. The number of amides is 2. The third kappa shape index (κ3) is 4.30. The SMILES string of the molecule is CN(C)CCNC(=O)C[C@@H]1CC2(CCN(C(=O)c3cccs3)CC2)c2ccccc21. The average molecular weight is 426 g/mol. The highest BCUT2D eigenvalue weighted by Gasteiger charge is 2.46. The van der Waals surface area contributed by atoms with Crippen molar-refractivity contribution >= 4 is 23.2 Å². The van der Waals surface area contributed by atoms with Crippen LogP contribution in [0.5, 0.6) is 0 Å². The number of thiophene rings is 1. The molecule has 1 aliphatic heterocycles. The van der Waals surface area contributed by atoms with E-state index in [1.807, 2.05) is 36.5 Å². The van der Waals surface area contributed by atoms with E-state index in [0.29, 0.717) is 13.0 Å². The average Bonchev–Trinajstić information content (AvgIpc) is 3.36. The molecule has 5 nitrogen and oxygen atoms in total. The highest BCUT2D eigenvalue weighted by atomic mass is 32.1. The molecule has 1 N–H and O–H groups in total. The van der Waals surface area contributed by atoms with E-state index in [1.165, 1.54) is 22.5 Å². The molecule has 6 heteroatoms. The van der Waals surface area contributed by atoms with Gasteiger partial charge in [0.05, 0.1) is 4.88 Å². The molecule has 2 aromatic rings. The van der Waals surface area contributed by atoms with Gasteiger partial charge in [-0.1, -0.05) is 30.3 Å². The zero-order valence-corrected chi connectivity index (χ0v) is 18.7. The van der Waals surface area contributed by atoms with Gasteiger partial charge >= 0.3 is 0 Å². The van der Waals surface area contributed by atoms with Gasteiger partial charge in [0.1, 0.15) is 0 Å². The van der Waals surface area contributed by atoms with Gasteiger partial charge in [-0.05, 0) is 67.3 Å².